The van der Waals surface area contributed by atoms with Crippen molar-refractivity contribution < 1.29 is 0 Å². The maximum absolute atomic E-state index is 7.17. The number of hydrogen-bond donors (Lipinski definition) is 2. The maximum atomic E-state index is 7.17. The maximum Gasteiger partial charge on any atom is 0.108 e. The second-order valence-electron chi connectivity index (χ2n) is 12.5. The molecule has 1 aliphatic heterocycles. The van der Waals surface area contributed by atoms with E-state index in [9.17, 15) is 0 Å². The molecule has 0 radical (unpaired) electrons. The van der Waals surface area contributed by atoms with Crippen molar-refractivity contribution in [2.24, 2.45) is 0 Å². The number of nitrogen functional groups attached to an aromatic ring is 1. The van der Waals surface area contributed by atoms with E-state index < -0.39 is 0 Å². The number of hydrogen-bond acceptors (Lipinski definition) is 3. The predicted octanol–water partition coefficient (Wildman–Crippen LogP) is 10.7. The molecule has 0 fully saturated rings. The summed E-state index contributed by atoms with van der Waals surface area (Å²) in [5, 5.41) is 13.1. The number of para-hydroxylation sites is 3. The third-order valence-electron chi connectivity index (χ3n) is 9.69. The molecule has 5 nitrogen and oxygen atoms in total. The zero-order valence-electron chi connectivity index (χ0n) is 27.0. The van der Waals surface area contributed by atoms with Crippen LogP contribution < -0.4 is 16.1 Å². The standard InChI is InChI=1S/C36H27N5.C7H8/c1-2-10-24-23-13-8-17-28-32(23)34-29(40(28)22-11-4-3-5-12-22)19-20-31-35(34)33-25(36(24)37)14-9-18-30(33)41(31)39-21-38-26-15-6-7-16-27(26)39;1-7-5-3-2-4-6-7/h2-20,38H,21,37H2,1H3;2-6H,1H3/b10-2-,24-23?,36-24?,36-25?;. The van der Waals surface area contributed by atoms with Crippen molar-refractivity contribution in [1.29, 1.82) is 0 Å². The highest BCUT2D eigenvalue weighted by molar-refractivity contribution is 6.36. The first kappa shape index (κ1) is 28.1. The van der Waals surface area contributed by atoms with Gasteiger partial charge in [0.05, 0.1) is 33.4 Å². The van der Waals surface area contributed by atoms with Crippen LogP contribution in [0, 0.1) is 6.92 Å². The molecule has 10 rings (SSSR count). The van der Waals surface area contributed by atoms with Gasteiger partial charge in [-0.05, 0) is 67.8 Å². The van der Waals surface area contributed by atoms with Gasteiger partial charge in [0.2, 0.25) is 0 Å². The summed E-state index contributed by atoms with van der Waals surface area (Å²) < 4.78 is 4.79. The van der Waals surface area contributed by atoms with E-state index in [-0.39, 0.29) is 0 Å². The normalized spacial score (nSPS) is 12.8. The lowest BCUT2D eigenvalue weighted by molar-refractivity contribution is 0.796. The summed E-state index contributed by atoms with van der Waals surface area (Å²) in [7, 11) is 0. The third kappa shape index (κ3) is 4.04. The number of allylic oxidation sites excluding steroid dienone is 1. The fraction of sp³-hybridized carbons (Fsp3) is 0.0698. The molecule has 9 aromatic rings. The molecule has 1 aliphatic rings. The van der Waals surface area contributed by atoms with E-state index in [1.165, 1.54) is 43.7 Å². The van der Waals surface area contributed by atoms with Gasteiger partial charge in [0, 0.05) is 43.9 Å². The van der Waals surface area contributed by atoms with E-state index in [4.69, 9.17) is 5.73 Å². The Bertz CT molecular complexity index is 2640. The fourth-order valence-electron chi connectivity index (χ4n) is 7.68. The molecule has 2 aromatic heterocycles. The number of fused-ring (bicyclic) bond motifs is 1. The van der Waals surface area contributed by atoms with Crippen LogP contribution in [0.15, 0.2) is 140 Å². The molecule has 0 unspecified atom stereocenters. The second-order valence-corrected chi connectivity index (χ2v) is 12.5. The lowest BCUT2D eigenvalue weighted by atomic mass is 9.95. The van der Waals surface area contributed by atoms with E-state index >= 15 is 0 Å². The fourth-order valence-corrected chi connectivity index (χ4v) is 7.68. The molecule has 0 amide bonds. The Morgan fingerprint density at radius 2 is 1.21 bits per heavy atom. The van der Waals surface area contributed by atoms with Crippen LogP contribution in [0.1, 0.15) is 18.1 Å². The molecular weight excluding hydrogens is 587 g/mol. The van der Waals surface area contributed by atoms with Crippen LogP contribution in [0.5, 0.6) is 0 Å². The van der Waals surface area contributed by atoms with Gasteiger partial charge in [0.25, 0.3) is 0 Å². The molecule has 3 N–H and O–H groups in total. The average Bonchev–Trinajstić information content (AvgIpc) is 3.80. The van der Waals surface area contributed by atoms with Crippen LogP contribution >= 0.6 is 0 Å². The smallest absolute Gasteiger partial charge is 0.108 e. The van der Waals surface area contributed by atoms with Crippen molar-refractivity contribution in [3.63, 3.8) is 0 Å². The Balaban J connectivity index is 0.000000402. The number of nitrogens with two attached hydrogens (primary N) is 1. The summed E-state index contributed by atoms with van der Waals surface area (Å²) in [6.07, 6.45) is 4.26. The molecule has 0 aliphatic carbocycles. The van der Waals surface area contributed by atoms with Gasteiger partial charge in [-0.3, -0.25) is 9.69 Å². The molecule has 3 heterocycles. The highest BCUT2D eigenvalue weighted by Crippen LogP contribution is 2.48. The van der Waals surface area contributed by atoms with Gasteiger partial charge in [-0.2, -0.15) is 0 Å². The van der Waals surface area contributed by atoms with Crippen LogP contribution in [0.3, 0.4) is 0 Å². The van der Waals surface area contributed by atoms with E-state index in [0.717, 1.165) is 44.6 Å². The number of benzene rings is 6. The van der Waals surface area contributed by atoms with Gasteiger partial charge in [-0.1, -0.05) is 103 Å². The number of nitrogens with one attached hydrogen (secondary N) is 1. The molecule has 0 saturated carbocycles. The van der Waals surface area contributed by atoms with Crippen LogP contribution in [-0.4, -0.2) is 15.9 Å². The minimum atomic E-state index is 0.687. The van der Waals surface area contributed by atoms with Crippen molar-refractivity contribution in [2.45, 2.75) is 13.8 Å². The summed E-state index contributed by atoms with van der Waals surface area (Å²) in [6.45, 7) is 4.83. The lowest BCUT2D eigenvalue weighted by Crippen LogP contribution is -2.28. The summed E-state index contributed by atoms with van der Waals surface area (Å²) in [5.41, 5.74) is 18.5. The molecule has 0 saturated heterocycles. The topological polar surface area (TPSA) is 51.1 Å². The first-order valence-electron chi connectivity index (χ1n) is 16.5. The highest BCUT2D eigenvalue weighted by atomic mass is 15.6. The van der Waals surface area contributed by atoms with Crippen molar-refractivity contribution in [1.82, 2.24) is 9.24 Å². The molecule has 48 heavy (non-hydrogen) atoms. The summed E-state index contributed by atoms with van der Waals surface area (Å²) in [4.78, 5) is 0. The van der Waals surface area contributed by atoms with E-state index in [0.29, 0.717) is 6.67 Å². The zero-order chi connectivity index (χ0) is 32.4. The molecular formula is C43H35N5. The highest BCUT2D eigenvalue weighted by Gasteiger charge is 2.28. The van der Waals surface area contributed by atoms with Gasteiger partial charge in [0.1, 0.15) is 6.67 Å². The summed E-state index contributed by atoms with van der Waals surface area (Å²) in [6, 6.07) is 47.2. The summed E-state index contributed by atoms with van der Waals surface area (Å²) in [5.74, 6) is 0. The molecule has 7 aromatic carbocycles. The van der Waals surface area contributed by atoms with Gasteiger partial charge >= 0.3 is 0 Å². The first-order valence-corrected chi connectivity index (χ1v) is 16.5. The van der Waals surface area contributed by atoms with E-state index in [1.54, 1.807) is 0 Å². The van der Waals surface area contributed by atoms with E-state index in [2.05, 4.69) is 161 Å². The van der Waals surface area contributed by atoms with Crippen molar-refractivity contribution in [3.05, 3.63) is 151 Å². The third-order valence-corrected chi connectivity index (χ3v) is 9.69. The predicted molar refractivity (Wildman–Crippen MR) is 206 cm³/mol. The Morgan fingerprint density at radius 3 is 1.96 bits per heavy atom. The van der Waals surface area contributed by atoms with Crippen molar-refractivity contribution >= 4 is 77.5 Å². The SMILES string of the molecule is C/C=C\c1c(N)c2cccc3c2c2c4c5c1cccc5n(-c1ccccc1)c4ccc2n3N1CNc2ccccc21.Cc1ccccc1. The number of anilines is 3. The number of rotatable bonds is 3. The molecule has 0 spiro atoms. The van der Waals surface area contributed by atoms with Crippen LogP contribution in [0.25, 0.3) is 66.1 Å². The van der Waals surface area contributed by atoms with Gasteiger partial charge in [-0.25, -0.2) is 0 Å². The Labute approximate surface area is 279 Å². The summed E-state index contributed by atoms with van der Waals surface area (Å²) >= 11 is 0. The zero-order valence-corrected chi connectivity index (χ0v) is 27.0. The lowest BCUT2D eigenvalue weighted by Gasteiger charge is -2.22. The largest absolute Gasteiger partial charge is 0.398 e. The molecule has 0 bridgehead atoms. The monoisotopic (exact) mass is 621 g/mol. The molecule has 5 heteroatoms. The average molecular weight is 622 g/mol. The number of aryl methyl sites for hydroxylation is 1. The minimum Gasteiger partial charge on any atom is -0.398 e. The Morgan fingerprint density at radius 1 is 0.604 bits per heavy atom. The van der Waals surface area contributed by atoms with Crippen LogP contribution in [0.2, 0.25) is 0 Å². The second kappa shape index (κ2) is 11.0. The van der Waals surface area contributed by atoms with E-state index in [1.807, 2.05) is 18.2 Å². The van der Waals surface area contributed by atoms with Crippen LogP contribution in [-0.2, 0) is 0 Å². The van der Waals surface area contributed by atoms with Gasteiger partial charge in [-0.15, -0.1) is 0 Å². The quantitative estimate of drug-likeness (QED) is 0.206. The Kier molecular flexibility index (Phi) is 6.40. The van der Waals surface area contributed by atoms with Crippen molar-refractivity contribution in [3.8, 4) is 5.69 Å². The minimum absolute atomic E-state index is 0.687. The number of nitrogens with zero attached hydrogens (tertiary/aromatic N) is 3. The van der Waals surface area contributed by atoms with Crippen molar-refractivity contribution in [2.75, 3.05) is 22.7 Å². The van der Waals surface area contributed by atoms with Gasteiger partial charge < -0.3 is 15.6 Å². The molecule has 232 valence electrons. The molecule has 0 atom stereocenters. The first-order chi connectivity index (χ1) is 23.7. The Hall–Kier alpha value is -6.20. The van der Waals surface area contributed by atoms with Crippen LogP contribution in [0.4, 0.5) is 17.1 Å². The van der Waals surface area contributed by atoms with Gasteiger partial charge in [0.15, 0.2) is 0 Å². The number of aromatic nitrogens is 2.